The van der Waals surface area contributed by atoms with E-state index in [-0.39, 0.29) is 17.0 Å². The zero-order chi connectivity index (χ0) is 15.6. The molecule has 1 aromatic carbocycles. The van der Waals surface area contributed by atoms with E-state index in [0.29, 0.717) is 9.48 Å². The first-order valence-corrected chi connectivity index (χ1v) is 8.82. The summed E-state index contributed by atoms with van der Waals surface area (Å²) in [5, 5.41) is 9.58. The van der Waals surface area contributed by atoms with Gasteiger partial charge in [-0.15, -0.1) is 11.3 Å². The smallest absolute Gasteiger partial charge is 0.335 e. The van der Waals surface area contributed by atoms with Crippen LogP contribution in [-0.2, 0) is 16.6 Å². The van der Waals surface area contributed by atoms with E-state index in [2.05, 4.69) is 25.6 Å². The van der Waals surface area contributed by atoms with Crippen LogP contribution >= 0.6 is 27.3 Å². The average Bonchev–Trinajstić information content (AvgIpc) is 2.82. The highest BCUT2D eigenvalue weighted by atomic mass is 79.9. The van der Waals surface area contributed by atoms with Crippen LogP contribution in [0.1, 0.15) is 20.2 Å². The van der Waals surface area contributed by atoms with E-state index >= 15 is 0 Å². The van der Waals surface area contributed by atoms with Gasteiger partial charge >= 0.3 is 5.97 Å². The van der Waals surface area contributed by atoms with Gasteiger partial charge in [0.1, 0.15) is 5.01 Å². The molecular formula is C12H11BrN2O4S2. The highest BCUT2D eigenvalue weighted by molar-refractivity contribution is 9.10. The van der Waals surface area contributed by atoms with Crippen molar-refractivity contribution in [1.29, 1.82) is 0 Å². The summed E-state index contributed by atoms with van der Waals surface area (Å²) >= 11 is 4.51. The van der Waals surface area contributed by atoms with E-state index in [0.717, 1.165) is 10.9 Å². The van der Waals surface area contributed by atoms with Gasteiger partial charge in [0.15, 0.2) is 0 Å². The minimum atomic E-state index is -3.83. The number of carboxylic acids is 1. The van der Waals surface area contributed by atoms with Crippen LogP contribution in [0.15, 0.2) is 33.8 Å². The van der Waals surface area contributed by atoms with Crippen molar-refractivity contribution in [3.8, 4) is 0 Å². The fraction of sp³-hybridized carbons (Fsp3) is 0.167. The summed E-state index contributed by atoms with van der Waals surface area (Å²) < 4.78 is 27.2. The fourth-order valence-electron chi connectivity index (χ4n) is 1.56. The second-order valence-corrected chi connectivity index (χ2v) is 8.05. The SMILES string of the molecule is Cc1cnc(CNS(=O)(=O)c2cc(C(=O)O)ccc2Br)s1. The fourth-order valence-corrected chi connectivity index (χ4v) is 4.35. The number of halogens is 1. The maximum absolute atomic E-state index is 12.3. The second kappa shape index (κ2) is 6.22. The molecule has 9 heteroatoms. The molecule has 0 amide bonds. The van der Waals surface area contributed by atoms with Gasteiger partial charge in [-0.3, -0.25) is 0 Å². The molecule has 6 nitrogen and oxygen atoms in total. The number of sulfonamides is 1. The van der Waals surface area contributed by atoms with E-state index in [1.165, 1.54) is 23.5 Å². The van der Waals surface area contributed by atoms with Gasteiger partial charge < -0.3 is 5.11 Å². The Balaban J connectivity index is 2.26. The van der Waals surface area contributed by atoms with Gasteiger partial charge in [0.25, 0.3) is 0 Å². The lowest BCUT2D eigenvalue weighted by Gasteiger charge is -2.08. The van der Waals surface area contributed by atoms with Gasteiger partial charge in [-0.25, -0.2) is 22.9 Å². The van der Waals surface area contributed by atoms with E-state index in [1.807, 2.05) is 6.92 Å². The van der Waals surface area contributed by atoms with Gasteiger partial charge in [0.2, 0.25) is 10.0 Å². The van der Waals surface area contributed by atoms with Gasteiger partial charge in [-0.2, -0.15) is 0 Å². The molecule has 0 atom stereocenters. The number of hydrogen-bond acceptors (Lipinski definition) is 5. The molecule has 0 saturated heterocycles. The van der Waals surface area contributed by atoms with Crippen LogP contribution < -0.4 is 4.72 Å². The summed E-state index contributed by atoms with van der Waals surface area (Å²) in [6.07, 6.45) is 1.66. The number of carbonyl (C=O) groups is 1. The number of hydrogen-bond donors (Lipinski definition) is 2. The summed E-state index contributed by atoms with van der Waals surface area (Å²) in [6, 6.07) is 3.84. The molecule has 0 aliphatic carbocycles. The summed E-state index contributed by atoms with van der Waals surface area (Å²) in [6.45, 7) is 1.94. The van der Waals surface area contributed by atoms with Crippen molar-refractivity contribution >= 4 is 43.3 Å². The van der Waals surface area contributed by atoms with Gasteiger partial charge in [-0.05, 0) is 41.1 Å². The Morgan fingerprint density at radius 3 is 2.76 bits per heavy atom. The molecule has 0 bridgehead atoms. The first-order chi connectivity index (χ1) is 9.79. The van der Waals surface area contributed by atoms with Crippen LogP contribution in [0.3, 0.4) is 0 Å². The van der Waals surface area contributed by atoms with Crippen LogP contribution in [0.4, 0.5) is 0 Å². The molecule has 21 heavy (non-hydrogen) atoms. The molecule has 0 spiro atoms. The van der Waals surface area contributed by atoms with Crippen molar-refractivity contribution < 1.29 is 18.3 Å². The molecule has 0 fully saturated rings. The molecule has 0 saturated carbocycles. The molecule has 0 aliphatic rings. The number of nitrogens with one attached hydrogen (secondary N) is 1. The van der Waals surface area contributed by atoms with Crippen LogP contribution in [0, 0.1) is 6.92 Å². The van der Waals surface area contributed by atoms with Crippen LogP contribution in [-0.4, -0.2) is 24.5 Å². The van der Waals surface area contributed by atoms with Crippen molar-refractivity contribution in [1.82, 2.24) is 9.71 Å². The Morgan fingerprint density at radius 1 is 1.48 bits per heavy atom. The maximum atomic E-state index is 12.3. The highest BCUT2D eigenvalue weighted by Crippen LogP contribution is 2.23. The number of benzene rings is 1. The highest BCUT2D eigenvalue weighted by Gasteiger charge is 2.20. The Bertz CT molecular complexity index is 786. The number of aromatic carboxylic acids is 1. The van der Waals surface area contributed by atoms with Crippen LogP contribution in [0.25, 0.3) is 0 Å². The molecule has 0 aliphatic heterocycles. The van der Waals surface area contributed by atoms with Crippen molar-refractivity contribution in [3.05, 3.63) is 44.3 Å². The molecule has 1 heterocycles. The average molecular weight is 391 g/mol. The number of rotatable bonds is 5. The third-order valence-corrected chi connectivity index (χ3v) is 5.86. The summed E-state index contributed by atoms with van der Waals surface area (Å²) in [5.41, 5.74) is -0.0938. The second-order valence-electron chi connectivity index (χ2n) is 4.14. The number of nitrogens with zero attached hydrogens (tertiary/aromatic N) is 1. The van der Waals surface area contributed by atoms with Gasteiger partial charge in [-0.1, -0.05) is 0 Å². The molecular weight excluding hydrogens is 380 g/mol. The lowest BCUT2D eigenvalue weighted by Crippen LogP contribution is -2.23. The molecule has 112 valence electrons. The quantitative estimate of drug-likeness (QED) is 0.816. The maximum Gasteiger partial charge on any atom is 0.335 e. The van der Waals surface area contributed by atoms with Gasteiger partial charge in [0.05, 0.1) is 17.0 Å². The van der Waals surface area contributed by atoms with Gasteiger partial charge in [0, 0.05) is 15.5 Å². The minimum absolute atomic E-state index is 0.0601. The monoisotopic (exact) mass is 390 g/mol. The Hall–Kier alpha value is -1.29. The molecule has 0 unspecified atom stereocenters. The predicted octanol–water partition coefficient (Wildman–Crippen LogP) is 2.39. The minimum Gasteiger partial charge on any atom is -0.478 e. The lowest BCUT2D eigenvalue weighted by molar-refractivity contribution is 0.0696. The standard InChI is InChI=1S/C12H11BrN2O4S2/c1-7-5-14-11(20-7)6-15-21(18,19)10-4-8(12(16)17)2-3-9(10)13/h2-5,15H,6H2,1H3,(H,16,17). The molecule has 2 N–H and O–H groups in total. The molecule has 1 aromatic heterocycles. The summed E-state index contributed by atoms with van der Waals surface area (Å²) in [7, 11) is -3.83. The summed E-state index contributed by atoms with van der Waals surface area (Å²) in [5.74, 6) is -1.19. The predicted molar refractivity (Wildman–Crippen MR) is 82.0 cm³/mol. The normalized spacial score (nSPS) is 11.5. The number of carboxylic acid groups (broad SMARTS) is 1. The molecule has 2 aromatic rings. The Kier molecular flexibility index (Phi) is 4.77. The zero-order valence-electron chi connectivity index (χ0n) is 10.8. The largest absolute Gasteiger partial charge is 0.478 e. The number of thiazole rings is 1. The van der Waals surface area contributed by atoms with E-state index in [1.54, 1.807) is 6.20 Å². The first kappa shape index (κ1) is 16.1. The zero-order valence-corrected chi connectivity index (χ0v) is 14.0. The Morgan fingerprint density at radius 2 is 2.19 bits per heavy atom. The van der Waals surface area contributed by atoms with E-state index in [4.69, 9.17) is 5.11 Å². The van der Waals surface area contributed by atoms with Crippen molar-refractivity contribution in [2.75, 3.05) is 0 Å². The van der Waals surface area contributed by atoms with Crippen LogP contribution in [0.5, 0.6) is 0 Å². The van der Waals surface area contributed by atoms with Crippen molar-refractivity contribution in [3.63, 3.8) is 0 Å². The lowest BCUT2D eigenvalue weighted by atomic mass is 10.2. The summed E-state index contributed by atoms with van der Waals surface area (Å²) in [4.78, 5) is 15.9. The number of aromatic nitrogens is 1. The van der Waals surface area contributed by atoms with E-state index < -0.39 is 16.0 Å². The van der Waals surface area contributed by atoms with E-state index in [9.17, 15) is 13.2 Å². The molecule has 2 rings (SSSR count). The van der Waals surface area contributed by atoms with Crippen molar-refractivity contribution in [2.45, 2.75) is 18.4 Å². The topological polar surface area (TPSA) is 96.4 Å². The third kappa shape index (κ3) is 3.88. The molecule has 0 radical (unpaired) electrons. The van der Waals surface area contributed by atoms with Crippen LogP contribution in [0.2, 0.25) is 0 Å². The first-order valence-electron chi connectivity index (χ1n) is 5.73. The Labute approximate surface area is 134 Å². The number of aryl methyl sites for hydroxylation is 1. The van der Waals surface area contributed by atoms with Crippen molar-refractivity contribution in [2.24, 2.45) is 0 Å². The third-order valence-electron chi connectivity index (χ3n) is 2.55.